The van der Waals surface area contributed by atoms with Crippen LogP contribution in [0.25, 0.3) is 0 Å². The van der Waals surface area contributed by atoms with Crippen molar-refractivity contribution in [1.29, 1.82) is 0 Å². The summed E-state index contributed by atoms with van der Waals surface area (Å²) in [6.45, 7) is 6.73. The molecule has 0 amide bonds. The first-order valence-electron chi connectivity index (χ1n) is 34.7. The van der Waals surface area contributed by atoms with E-state index in [9.17, 15) is 14.4 Å². The highest BCUT2D eigenvalue weighted by Crippen LogP contribution is 2.19. The first kappa shape index (κ1) is 74.2. The highest BCUT2D eigenvalue weighted by molar-refractivity contribution is 5.71. The van der Waals surface area contributed by atoms with Gasteiger partial charge in [0.15, 0.2) is 6.10 Å². The molecule has 6 heteroatoms. The van der Waals surface area contributed by atoms with Crippen LogP contribution in [0, 0.1) is 0 Å². The van der Waals surface area contributed by atoms with Gasteiger partial charge in [-0.3, -0.25) is 14.4 Å². The van der Waals surface area contributed by atoms with E-state index in [0.717, 1.165) is 57.8 Å². The predicted octanol–water partition coefficient (Wildman–Crippen LogP) is 23.6. The van der Waals surface area contributed by atoms with Crippen LogP contribution in [0.1, 0.15) is 400 Å². The van der Waals surface area contributed by atoms with E-state index in [1.54, 1.807) is 0 Å². The average molecular weight is 1070 g/mol. The molecule has 0 radical (unpaired) electrons. The summed E-state index contributed by atoms with van der Waals surface area (Å²) in [5.74, 6) is -0.829. The number of rotatable bonds is 65. The van der Waals surface area contributed by atoms with Gasteiger partial charge in [0.2, 0.25) is 0 Å². The topological polar surface area (TPSA) is 78.9 Å². The molecule has 1 atom stereocenters. The number of allylic oxidation sites excluding steroid dienone is 2. The Labute approximate surface area is 475 Å². The number of hydrogen-bond acceptors (Lipinski definition) is 6. The molecule has 0 aromatic heterocycles. The summed E-state index contributed by atoms with van der Waals surface area (Å²) in [5, 5.41) is 0. The number of hydrogen-bond donors (Lipinski definition) is 0. The van der Waals surface area contributed by atoms with E-state index >= 15 is 0 Å². The molecule has 0 rings (SSSR count). The van der Waals surface area contributed by atoms with E-state index in [4.69, 9.17) is 14.2 Å². The summed E-state index contributed by atoms with van der Waals surface area (Å²) in [5.41, 5.74) is 0. The molecule has 0 aliphatic rings. The fourth-order valence-electron chi connectivity index (χ4n) is 10.8. The number of carbonyl (C=O) groups excluding carboxylic acids is 3. The Morgan fingerprint density at radius 1 is 0.250 bits per heavy atom. The molecule has 6 nitrogen and oxygen atoms in total. The summed E-state index contributed by atoms with van der Waals surface area (Å²) in [7, 11) is 0. The van der Waals surface area contributed by atoms with Crippen LogP contribution >= 0.6 is 0 Å². The van der Waals surface area contributed by atoms with E-state index in [2.05, 4.69) is 32.9 Å². The maximum atomic E-state index is 12.9. The third-order valence-electron chi connectivity index (χ3n) is 16.0. The van der Waals surface area contributed by atoms with Crippen molar-refractivity contribution < 1.29 is 28.6 Å². The number of unbranched alkanes of at least 4 members (excludes halogenated alkanes) is 52. The molecule has 76 heavy (non-hydrogen) atoms. The summed E-state index contributed by atoms with van der Waals surface area (Å²) in [4.78, 5) is 38.4. The molecule has 0 aromatic rings. The normalized spacial score (nSPS) is 12.0. The van der Waals surface area contributed by atoms with Crippen LogP contribution in [0.3, 0.4) is 0 Å². The van der Waals surface area contributed by atoms with Gasteiger partial charge in [0.05, 0.1) is 0 Å². The molecule has 0 aromatic carbocycles. The molecule has 1 unspecified atom stereocenters. The first-order chi connectivity index (χ1) is 37.5. The Morgan fingerprint density at radius 2 is 0.434 bits per heavy atom. The Morgan fingerprint density at radius 3 is 0.658 bits per heavy atom. The van der Waals surface area contributed by atoms with Gasteiger partial charge in [-0.2, -0.15) is 0 Å². The van der Waals surface area contributed by atoms with Gasteiger partial charge in [-0.05, 0) is 44.9 Å². The molecule has 0 N–H and O–H groups in total. The van der Waals surface area contributed by atoms with Gasteiger partial charge in [-0.15, -0.1) is 0 Å². The minimum Gasteiger partial charge on any atom is -0.462 e. The molecule has 0 saturated carbocycles. The van der Waals surface area contributed by atoms with Crippen molar-refractivity contribution in [2.24, 2.45) is 0 Å². The Bertz CT molecular complexity index is 1180. The van der Waals surface area contributed by atoms with E-state index in [1.165, 1.54) is 302 Å². The fourth-order valence-corrected chi connectivity index (χ4v) is 10.8. The van der Waals surface area contributed by atoms with E-state index in [-0.39, 0.29) is 31.1 Å². The third kappa shape index (κ3) is 63.0. The zero-order valence-corrected chi connectivity index (χ0v) is 51.8. The largest absolute Gasteiger partial charge is 0.462 e. The SMILES string of the molecule is CCCCCCCCCC/C=C\CCCCCCCCCCCC(=O)OCC(COC(=O)CCCCCCCCCCCCCCCCCC)OC(=O)CCCCCCCCCCCCCCCCCCCCCCC. The van der Waals surface area contributed by atoms with Crippen LogP contribution in [0.2, 0.25) is 0 Å². The minimum absolute atomic E-state index is 0.0634. The van der Waals surface area contributed by atoms with E-state index in [1.807, 2.05) is 0 Å². The van der Waals surface area contributed by atoms with Crippen LogP contribution in [0.15, 0.2) is 12.2 Å². The molecule has 450 valence electrons. The van der Waals surface area contributed by atoms with Crippen molar-refractivity contribution in [1.82, 2.24) is 0 Å². The van der Waals surface area contributed by atoms with Gasteiger partial charge in [-0.25, -0.2) is 0 Å². The quantitative estimate of drug-likeness (QED) is 0.0261. The first-order valence-corrected chi connectivity index (χ1v) is 34.7. The molecular weight excluding hydrogens is 937 g/mol. The molecule has 0 spiro atoms. The fraction of sp³-hybridized carbons (Fsp3) is 0.929. The lowest BCUT2D eigenvalue weighted by atomic mass is 10.0. The van der Waals surface area contributed by atoms with Gasteiger partial charge in [-0.1, -0.05) is 348 Å². The molecular formula is C70H134O6. The van der Waals surface area contributed by atoms with Gasteiger partial charge in [0.25, 0.3) is 0 Å². The van der Waals surface area contributed by atoms with Crippen LogP contribution in [-0.4, -0.2) is 37.2 Å². The zero-order valence-electron chi connectivity index (χ0n) is 51.8. The molecule has 0 saturated heterocycles. The molecule has 0 bridgehead atoms. The van der Waals surface area contributed by atoms with Gasteiger partial charge in [0, 0.05) is 19.3 Å². The van der Waals surface area contributed by atoms with Gasteiger partial charge in [0.1, 0.15) is 13.2 Å². The maximum Gasteiger partial charge on any atom is 0.306 e. The Kier molecular flexibility index (Phi) is 64.1. The van der Waals surface area contributed by atoms with E-state index < -0.39 is 6.10 Å². The second kappa shape index (κ2) is 65.7. The van der Waals surface area contributed by atoms with Crippen LogP contribution in [-0.2, 0) is 28.6 Å². The Balaban J connectivity index is 4.28. The van der Waals surface area contributed by atoms with Crippen molar-refractivity contribution in [3.05, 3.63) is 12.2 Å². The molecule has 0 heterocycles. The van der Waals surface area contributed by atoms with Crippen molar-refractivity contribution >= 4 is 17.9 Å². The highest BCUT2D eigenvalue weighted by atomic mass is 16.6. The minimum atomic E-state index is -0.767. The molecule has 0 aliphatic heterocycles. The van der Waals surface area contributed by atoms with Crippen molar-refractivity contribution in [3.8, 4) is 0 Å². The lowest BCUT2D eigenvalue weighted by Gasteiger charge is -2.18. The summed E-state index contributed by atoms with van der Waals surface area (Å²) in [6, 6.07) is 0. The number of ether oxygens (including phenoxy) is 3. The van der Waals surface area contributed by atoms with Gasteiger partial charge < -0.3 is 14.2 Å². The standard InChI is InChI=1S/C70H134O6/c1-4-7-10-13-16-19-22-25-28-31-33-35-37-39-42-45-48-51-54-57-60-63-69(72)75-66-67(65-74-68(71)62-59-56-53-50-47-44-41-30-27-24-21-18-15-12-9-6-3)76-70(73)64-61-58-55-52-49-46-43-40-38-36-34-32-29-26-23-20-17-14-11-8-5-2/h31,33,67H,4-30,32,34-66H2,1-3H3/b33-31-. The smallest absolute Gasteiger partial charge is 0.306 e. The predicted molar refractivity (Wildman–Crippen MR) is 330 cm³/mol. The summed E-state index contributed by atoms with van der Waals surface area (Å²) < 4.78 is 17.0. The van der Waals surface area contributed by atoms with Gasteiger partial charge >= 0.3 is 17.9 Å². The molecule has 0 aliphatic carbocycles. The van der Waals surface area contributed by atoms with Crippen LogP contribution in [0.4, 0.5) is 0 Å². The lowest BCUT2D eigenvalue weighted by Crippen LogP contribution is -2.30. The van der Waals surface area contributed by atoms with Crippen LogP contribution < -0.4 is 0 Å². The average Bonchev–Trinajstić information content (AvgIpc) is 3.42. The van der Waals surface area contributed by atoms with Crippen molar-refractivity contribution in [2.75, 3.05) is 13.2 Å². The van der Waals surface area contributed by atoms with Crippen molar-refractivity contribution in [2.45, 2.75) is 406 Å². The number of esters is 3. The maximum absolute atomic E-state index is 12.9. The molecule has 0 fully saturated rings. The van der Waals surface area contributed by atoms with Crippen molar-refractivity contribution in [3.63, 3.8) is 0 Å². The second-order valence-corrected chi connectivity index (χ2v) is 23.8. The van der Waals surface area contributed by atoms with E-state index in [0.29, 0.717) is 19.3 Å². The highest BCUT2D eigenvalue weighted by Gasteiger charge is 2.19. The number of carbonyl (C=O) groups is 3. The Hall–Kier alpha value is -1.85. The summed E-state index contributed by atoms with van der Waals surface area (Å²) >= 11 is 0. The lowest BCUT2D eigenvalue weighted by molar-refractivity contribution is -0.167. The monoisotopic (exact) mass is 1070 g/mol. The summed E-state index contributed by atoms with van der Waals surface area (Å²) in [6.07, 6.45) is 78.0. The second-order valence-electron chi connectivity index (χ2n) is 23.8. The third-order valence-corrected chi connectivity index (χ3v) is 16.0. The zero-order chi connectivity index (χ0) is 55.0. The van der Waals surface area contributed by atoms with Crippen LogP contribution in [0.5, 0.6) is 0 Å².